The molecular weight excluding hydrogens is 378 g/mol. The van der Waals surface area contributed by atoms with E-state index < -0.39 is 0 Å². The van der Waals surface area contributed by atoms with Crippen LogP contribution in [-0.2, 0) is 9.68 Å². The maximum absolute atomic E-state index is 8.82. The topological polar surface area (TPSA) is 62.2 Å². The highest BCUT2D eigenvalue weighted by Gasteiger charge is 2.05. The van der Waals surface area contributed by atoms with Gasteiger partial charge in [-0.1, -0.05) is 128 Å². The first-order valence-electron chi connectivity index (χ1n) is 13.1. The summed E-state index contributed by atoms with van der Waals surface area (Å²) >= 11 is 0. The average Bonchev–Trinajstić information content (AvgIpc) is 2.76. The van der Waals surface area contributed by atoms with E-state index in [1.165, 1.54) is 121 Å². The predicted octanol–water partition coefficient (Wildman–Crippen LogP) is 6.57. The first kappa shape index (κ1) is 29.8. The second-order valence-electron chi connectivity index (χ2n) is 8.53. The SMILES string of the molecule is CCCCCCCCCCCCCCCCCCCCCN(OCCO)OCCO. The van der Waals surface area contributed by atoms with E-state index in [4.69, 9.17) is 19.9 Å². The lowest BCUT2D eigenvalue weighted by Crippen LogP contribution is -2.28. The highest BCUT2D eigenvalue weighted by Crippen LogP contribution is 2.14. The van der Waals surface area contributed by atoms with E-state index in [-0.39, 0.29) is 26.4 Å². The van der Waals surface area contributed by atoms with E-state index in [1.807, 2.05) is 0 Å². The van der Waals surface area contributed by atoms with Crippen molar-refractivity contribution in [2.24, 2.45) is 0 Å². The van der Waals surface area contributed by atoms with Crippen LogP contribution in [0, 0.1) is 0 Å². The third kappa shape index (κ3) is 24.1. The lowest BCUT2D eigenvalue weighted by atomic mass is 10.0. The summed E-state index contributed by atoms with van der Waals surface area (Å²) in [5.74, 6) is 0. The minimum atomic E-state index is -0.0296. The van der Waals surface area contributed by atoms with E-state index in [9.17, 15) is 0 Å². The summed E-state index contributed by atoms with van der Waals surface area (Å²) in [6, 6.07) is 0. The summed E-state index contributed by atoms with van der Waals surface area (Å²) in [7, 11) is 0. The lowest BCUT2D eigenvalue weighted by molar-refractivity contribution is -0.371. The molecule has 0 unspecified atom stereocenters. The molecule has 5 nitrogen and oxygen atoms in total. The summed E-state index contributed by atoms with van der Waals surface area (Å²) in [5, 5.41) is 19.0. The van der Waals surface area contributed by atoms with Crippen molar-refractivity contribution in [2.45, 2.75) is 129 Å². The van der Waals surface area contributed by atoms with Gasteiger partial charge in [0.2, 0.25) is 0 Å². The van der Waals surface area contributed by atoms with Crippen LogP contribution < -0.4 is 0 Å². The fraction of sp³-hybridized carbons (Fsp3) is 1.00. The van der Waals surface area contributed by atoms with Crippen molar-refractivity contribution in [3.63, 3.8) is 0 Å². The molecule has 0 amide bonds. The molecular formula is C25H53NO4. The maximum Gasteiger partial charge on any atom is 0.0942 e. The normalized spacial score (nSPS) is 11.6. The Balaban J connectivity index is 3.21. The van der Waals surface area contributed by atoms with Gasteiger partial charge in [0, 0.05) is 0 Å². The molecule has 30 heavy (non-hydrogen) atoms. The summed E-state index contributed by atoms with van der Waals surface area (Å²) in [6.07, 6.45) is 26.0. The number of aliphatic hydroxyl groups is 2. The molecule has 0 aliphatic heterocycles. The number of hydroxylamine groups is 2. The number of hydrogen-bond donors (Lipinski definition) is 2. The first-order valence-corrected chi connectivity index (χ1v) is 13.1. The molecule has 0 spiro atoms. The Hall–Kier alpha value is -0.200. The van der Waals surface area contributed by atoms with Crippen LogP contribution in [0.5, 0.6) is 0 Å². The molecule has 0 aromatic rings. The highest BCUT2D eigenvalue weighted by molar-refractivity contribution is 4.51. The van der Waals surface area contributed by atoms with Crippen molar-refractivity contribution in [2.75, 3.05) is 33.0 Å². The first-order chi connectivity index (χ1) is 14.8. The molecule has 0 saturated carbocycles. The van der Waals surface area contributed by atoms with E-state index in [1.54, 1.807) is 0 Å². The fourth-order valence-electron chi connectivity index (χ4n) is 3.77. The minimum Gasteiger partial charge on any atom is -0.394 e. The second-order valence-corrected chi connectivity index (χ2v) is 8.53. The number of hydrogen-bond acceptors (Lipinski definition) is 5. The van der Waals surface area contributed by atoms with Gasteiger partial charge in [-0.2, -0.15) is 0 Å². The molecule has 5 heteroatoms. The van der Waals surface area contributed by atoms with Crippen molar-refractivity contribution in [3.05, 3.63) is 0 Å². The van der Waals surface area contributed by atoms with Gasteiger partial charge in [-0.25, -0.2) is 0 Å². The molecule has 0 bridgehead atoms. The number of unbranched alkanes of at least 4 members (excludes halogenated alkanes) is 18. The number of rotatable bonds is 26. The highest BCUT2D eigenvalue weighted by atomic mass is 16.9. The van der Waals surface area contributed by atoms with E-state index in [0.29, 0.717) is 6.54 Å². The Kier molecular flexibility index (Phi) is 26.7. The molecule has 0 aromatic heterocycles. The zero-order valence-electron chi connectivity index (χ0n) is 20.1. The minimum absolute atomic E-state index is 0.0296. The quantitative estimate of drug-likeness (QED) is 0.120. The Morgan fingerprint density at radius 1 is 0.467 bits per heavy atom. The van der Waals surface area contributed by atoms with Gasteiger partial charge in [0.25, 0.3) is 0 Å². The van der Waals surface area contributed by atoms with Crippen LogP contribution in [0.4, 0.5) is 0 Å². The average molecular weight is 432 g/mol. The summed E-state index contributed by atoms with van der Waals surface area (Å²) in [6.45, 7) is 3.36. The largest absolute Gasteiger partial charge is 0.394 e. The zero-order valence-corrected chi connectivity index (χ0v) is 20.1. The van der Waals surface area contributed by atoms with Crippen molar-refractivity contribution < 1.29 is 19.9 Å². The van der Waals surface area contributed by atoms with Gasteiger partial charge in [-0.05, 0) is 6.42 Å². The monoisotopic (exact) mass is 431 g/mol. The smallest absolute Gasteiger partial charge is 0.0942 e. The molecule has 0 aromatic carbocycles. The van der Waals surface area contributed by atoms with E-state index >= 15 is 0 Å². The molecule has 0 rings (SSSR count). The van der Waals surface area contributed by atoms with Crippen LogP contribution in [0.15, 0.2) is 0 Å². The Morgan fingerprint density at radius 2 is 0.767 bits per heavy atom. The molecule has 0 aliphatic carbocycles. The van der Waals surface area contributed by atoms with Crippen LogP contribution in [0.25, 0.3) is 0 Å². The third-order valence-electron chi connectivity index (χ3n) is 5.60. The van der Waals surface area contributed by atoms with Gasteiger partial charge in [-0.15, -0.1) is 0 Å². The van der Waals surface area contributed by atoms with Crippen LogP contribution in [0.3, 0.4) is 0 Å². The van der Waals surface area contributed by atoms with E-state index in [0.717, 1.165) is 6.42 Å². The molecule has 0 heterocycles. The molecule has 0 aliphatic rings. The fourth-order valence-corrected chi connectivity index (χ4v) is 3.77. The summed E-state index contributed by atoms with van der Waals surface area (Å²) in [5.41, 5.74) is 0. The molecule has 0 saturated heterocycles. The van der Waals surface area contributed by atoms with Crippen molar-refractivity contribution >= 4 is 0 Å². The van der Waals surface area contributed by atoms with Crippen molar-refractivity contribution in [3.8, 4) is 0 Å². The number of aliphatic hydroxyl groups excluding tert-OH is 2. The van der Waals surface area contributed by atoms with Crippen LogP contribution in [0.2, 0.25) is 0 Å². The molecule has 0 atom stereocenters. The Morgan fingerprint density at radius 3 is 1.07 bits per heavy atom. The second kappa shape index (κ2) is 26.8. The molecule has 2 N–H and O–H groups in total. The third-order valence-corrected chi connectivity index (χ3v) is 5.60. The van der Waals surface area contributed by atoms with E-state index in [2.05, 4.69) is 6.92 Å². The van der Waals surface area contributed by atoms with Gasteiger partial charge in [-0.3, -0.25) is 9.68 Å². The van der Waals surface area contributed by atoms with Crippen LogP contribution in [0.1, 0.15) is 129 Å². The van der Waals surface area contributed by atoms with Gasteiger partial charge >= 0.3 is 0 Å². The van der Waals surface area contributed by atoms with Gasteiger partial charge < -0.3 is 10.2 Å². The van der Waals surface area contributed by atoms with Crippen molar-refractivity contribution in [1.29, 1.82) is 0 Å². The Labute approximate surface area is 187 Å². The standard InChI is InChI=1S/C25H53NO4/c1-2-3-4-5-6-7-8-9-10-11-12-13-14-15-16-17-18-19-20-21-26(29-24-22-27)30-25-23-28/h27-28H,2-25H2,1H3. The summed E-state index contributed by atoms with van der Waals surface area (Å²) in [4.78, 5) is 10.6. The van der Waals surface area contributed by atoms with Gasteiger partial charge in [0.05, 0.1) is 33.0 Å². The predicted molar refractivity (Wildman–Crippen MR) is 126 cm³/mol. The zero-order chi connectivity index (χ0) is 22.0. The maximum atomic E-state index is 8.82. The lowest BCUT2D eigenvalue weighted by Gasteiger charge is -2.20. The van der Waals surface area contributed by atoms with Crippen LogP contribution >= 0.6 is 0 Å². The van der Waals surface area contributed by atoms with Crippen molar-refractivity contribution in [1.82, 2.24) is 5.23 Å². The van der Waals surface area contributed by atoms with Gasteiger partial charge in [0.1, 0.15) is 0 Å². The molecule has 182 valence electrons. The molecule has 0 radical (unpaired) electrons. The Bertz CT molecular complexity index is 297. The summed E-state index contributed by atoms with van der Waals surface area (Å²) < 4.78 is 0. The van der Waals surface area contributed by atoms with Crippen LogP contribution in [-0.4, -0.2) is 48.4 Å². The van der Waals surface area contributed by atoms with Gasteiger partial charge in [0.15, 0.2) is 0 Å². The number of nitrogens with zero attached hydrogens (tertiary/aromatic N) is 1. The molecule has 0 fully saturated rings.